The molecule has 5 saturated heterocycles. The van der Waals surface area contributed by atoms with E-state index in [0.29, 0.717) is 171 Å². The highest BCUT2D eigenvalue weighted by atomic mass is 16.6. The third-order valence-electron chi connectivity index (χ3n) is 16.6. The van der Waals surface area contributed by atoms with E-state index in [9.17, 15) is 52.7 Å². The van der Waals surface area contributed by atoms with Crippen molar-refractivity contribution in [2.75, 3.05) is 238 Å². The summed E-state index contributed by atoms with van der Waals surface area (Å²) in [7, 11) is 1.63. The number of ether oxygens (including phenoxy) is 12. The van der Waals surface area contributed by atoms with Gasteiger partial charge in [0.25, 0.3) is 0 Å². The molecule has 5 fully saturated rings. The lowest BCUT2D eigenvalue weighted by atomic mass is 10.1. The van der Waals surface area contributed by atoms with Gasteiger partial charge in [-0.3, -0.25) is 52.7 Å². The molecular formula is C64H110N12O23. The van der Waals surface area contributed by atoms with Crippen molar-refractivity contribution in [3.05, 3.63) is 0 Å². The quantitative estimate of drug-likeness (QED) is 0.0265. The van der Waals surface area contributed by atoms with Gasteiger partial charge in [0.1, 0.15) is 30.2 Å². The summed E-state index contributed by atoms with van der Waals surface area (Å²) in [6.07, 6.45) is 3.44. The highest BCUT2D eigenvalue weighted by molar-refractivity contribution is 5.97. The van der Waals surface area contributed by atoms with Crippen LogP contribution in [0.4, 0.5) is 0 Å². The molecule has 0 aromatic rings. The van der Waals surface area contributed by atoms with E-state index in [1.807, 2.05) is 0 Å². The van der Waals surface area contributed by atoms with Crippen LogP contribution in [0.15, 0.2) is 0 Å². The summed E-state index contributed by atoms with van der Waals surface area (Å²) in [5.41, 5.74) is 0. The van der Waals surface area contributed by atoms with E-state index < -0.39 is 122 Å². The first kappa shape index (κ1) is 83.3. The highest BCUT2D eigenvalue weighted by Gasteiger charge is 2.39. The minimum absolute atomic E-state index is 0.0464. The first-order chi connectivity index (χ1) is 48.2. The van der Waals surface area contributed by atoms with Crippen molar-refractivity contribution in [2.45, 2.75) is 107 Å². The lowest BCUT2D eigenvalue weighted by Crippen LogP contribution is -2.55. The van der Waals surface area contributed by atoms with Gasteiger partial charge in [-0.1, -0.05) is 0 Å². The number of carbonyl (C=O) groups excluding carboxylic acids is 11. The smallest absolute Gasteiger partial charge is 0.243 e. The predicted molar refractivity (Wildman–Crippen MR) is 351 cm³/mol. The Balaban J connectivity index is 0.971. The average Bonchev–Trinajstić information content (AvgIpc) is 1.77. The topological polar surface area (TPSA) is 408 Å². The predicted octanol–water partition coefficient (Wildman–Crippen LogP) is -4.87. The molecule has 5 aliphatic heterocycles. The second-order valence-corrected chi connectivity index (χ2v) is 23.8. The van der Waals surface area contributed by atoms with Crippen molar-refractivity contribution < 1.29 is 110 Å². The lowest BCUT2D eigenvalue weighted by Gasteiger charge is -2.27. The summed E-state index contributed by atoms with van der Waals surface area (Å²) in [4.78, 5) is 155. The number of fused-ring (bicyclic) bond motifs is 3. The summed E-state index contributed by atoms with van der Waals surface area (Å²) >= 11 is 0. The van der Waals surface area contributed by atoms with Crippen molar-refractivity contribution in [1.29, 1.82) is 0 Å². The van der Waals surface area contributed by atoms with Crippen LogP contribution in [0.3, 0.4) is 0 Å². The fourth-order valence-corrected chi connectivity index (χ4v) is 11.3. The van der Waals surface area contributed by atoms with Gasteiger partial charge in [-0.25, -0.2) is 0 Å². The molecule has 0 radical (unpaired) electrons. The monoisotopic (exact) mass is 1410 g/mol. The fraction of sp³-hybridized carbons (Fsp3) is 0.828. The highest BCUT2D eigenvalue weighted by Crippen LogP contribution is 2.21. The van der Waals surface area contributed by atoms with Crippen LogP contribution in [0, 0.1) is 0 Å². The second-order valence-electron chi connectivity index (χ2n) is 23.8. The normalized spacial score (nSPS) is 20.5. The van der Waals surface area contributed by atoms with Crippen molar-refractivity contribution in [1.82, 2.24) is 62.1 Å². The van der Waals surface area contributed by atoms with Crippen molar-refractivity contribution in [2.24, 2.45) is 0 Å². The molecule has 5 aliphatic rings. The third-order valence-corrected chi connectivity index (χ3v) is 16.6. The number of nitrogens with one attached hydrogen (secondary N) is 8. The molecule has 0 aromatic heterocycles. The number of hydrogen-bond donors (Lipinski definition) is 8. The average molecular weight is 1420 g/mol. The maximum atomic E-state index is 13.9. The SMILES string of the molecule is COCCOCCOCCOCCOCCOCCOCCOCCOCCOCCOCCOCCNC(=O)C(CCC(=O)NCCN1CCCC1)NC(=O)CC[C@@H]1NC(=O)CNC(=O)[C@@H]2CCCN2C(=O)CNC(=O)[C@@H]2CCCN2C(=O)CNC(=O)[C@@H]2CCCN2C(=O)CNC1=O. The van der Waals surface area contributed by atoms with Crippen LogP contribution in [0.25, 0.3) is 0 Å². The van der Waals surface area contributed by atoms with Crippen LogP contribution in [0.2, 0.25) is 0 Å². The number of rotatable bonds is 47. The van der Waals surface area contributed by atoms with Crippen LogP contribution in [-0.4, -0.2) is 352 Å². The molecule has 564 valence electrons. The Morgan fingerprint density at radius 2 is 0.778 bits per heavy atom. The second kappa shape index (κ2) is 51.7. The zero-order valence-corrected chi connectivity index (χ0v) is 57.8. The summed E-state index contributed by atoms with van der Waals surface area (Å²) in [5.74, 6) is -6.94. The van der Waals surface area contributed by atoms with Gasteiger partial charge in [0.2, 0.25) is 65.0 Å². The maximum Gasteiger partial charge on any atom is 0.243 e. The summed E-state index contributed by atoms with van der Waals surface area (Å²) in [5, 5.41) is 21.0. The Kier molecular flexibility index (Phi) is 43.5. The number of methoxy groups -OCH3 is 1. The zero-order valence-electron chi connectivity index (χ0n) is 57.8. The molecule has 1 unspecified atom stereocenters. The molecular weight excluding hydrogens is 1300 g/mol. The molecule has 11 amide bonds. The van der Waals surface area contributed by atoms with Gasteiger partial charge in [-0.05, 0) is 77.3 Å². The largest absolute Gasteiger partial charge is 0.382 e. The molecule has 0 saturated carbocycles. The number of carbonyl (C=O) groups is 11. The maximum absolute atomic E-state index is 13.9. The summed E-state index contributed by atoms with van der Waals surface area (Å²) in [6, 6.07) is -5.53. The van der Waals surface area contributed by atoms with Crippen LogP contribution >= 0.6 is 0 Å². The minimum atomic E-state index is -1.48. The standard InChI is InChI=1S/C64H110N12O23/c1-88-23-24-90-27-28-92-31-32-94-35-36-96-39-40-98-43-44-99-42-41-97-38-37-95-34-33-93-30-29-91-26-25-89-22-15-66-60(83)49(10-12-54(77)65-14-21-73-16-2-3-17-73)71-55(78)13-11-50-61(84)68-46-57(80)75-19-5-8-52(75)63(86)70-48-59(82)76-20-6-9-53(76)64(87)69-47-58(81)74-18-4-7-51(74)62(85)67-45-56(79)72-50/h49-53H,2-48H2,1H3,(H,65,77)(H,66,83)(H,67,85)(H,68,84)(H,69,87)(H,70,86)(H,71,78)(H,72,79)/t49?,50-,51-,52-,53-/m0/s1. The van der Waals surface area contributed by atoms with E-state index in [1.54, 1.807) is 7.11 Å². The molecule has 5 rings (SSSR count). The molecule has 99 heavy (non-hydrogen) atoms. The van der Waals surface area contributed by atoms with E-state index in [2.05, 4.69) is 47.4 Å². The Hall–Kier alpha value is -6.35. The Morgan fingerprint density at radius 3 is 1.17 bits per heavy atom. The Morgan fingerprint density at radius 1 is 0.414 bits per heavy atom. The van der Waals surface area contributed by atoms with Gasteiger partial charge in [0.15, 0.2) is 0 Å². The Bertz CT molecular complexity index is 2420. The van der Waals surface area contributed by atoms with Crippen LogP contribution in [0.1, 0.15) is 77.0 Å². The molecule has 5 heterocycles. The van der Waals surface area contributed by atoms with Gasteiger partial charge in [-0.15, -0.1) is 0 Å². The molecule has 0 aliphatic carbocycles. The van der Waals surface area contributed by atoms with Crippen LogP contribution in [0.5, 0.6) is 0 Å². The number of hydrogen-bond acceptors (Lipinski definition) is 24. The molecule has 35 nitrogen and oxygen atoms in total. The molecule has 35 heteroatoms. The number of amides is 11. The van der Waals surface area contributed by atoms with E-state index in [-0.39, 0.29) is 84.0 Å². The molecule has 0 bridgehead atoms. The van der Waals surface area contributed by atoms with E-state index in [0.717, 1.165) is 25.9 Å². The van der Waals surface area contributed by atoms with Gasteiger partial charge in [0.05, 0.1) is 178 Å². The first-order valence-corrected chi connectivity index (χ1v) is 34.9. The Labute approximate surface area is 579 Å². The van der Waals surface area contributed by atoms with E-state index in [4.69, 9.17) is 56.8 Å². The van der Waals surface area contributed by atoms with Crippen molar-refractivity contribution in [3.63, 3.8) is 0 Å². The third kappa shape index (κ3) is 35.2. The van der Waals surface area contributed by atoms with E-state index in [1.165, 1.54) is 14.7 Å². The van der Waals surface area contributed by atoms with Gasteiger partial charge >= 0.3 is 0 Å². The van der Waals surface area contributed by atoms with Crippen molar-refractivity contribution in [3.8, 4) is 0 Å². The molecule has 0 aromatic carbocycles. The zero-order chi connectivity index (χ0) is 70.9. The molecule has 5 atom stereocenters. The van der Waals surface area contributed by atoms with Gasteiger partial charge < -0.3 is 119 Å². The first-order valence-electron chi connectivity index (χ1n) is 34.9. The van der Waals surface area contributed by atoms with Crippen LogP contribution in [-0.2, 0) is 110 Å². The summed E-state index contributed by atoms with van der Waals surface area (Å²) in [6.45, 7) is 10.9. The summed E-state index contributed by atoms with van der Waals surface area (Å²) < 4.78 is 65.5. The lowest BCUT2D eigenvalue weighted by molar-refractivity contribution is -0.142. The van der Waals surface area contributed by atoms with Crippen LogP contribution < -0.4 is 42.5 Å². The number of likely N-dealkylation sites (tertiary alicyclic amines) is 1. The number of nitrogens with zero attached hydrogens (tertiary/aromatic N) is 4. The van der Waals surface area contributed by atoms with Gasteiger partial charge in [-0.2, -0.15) is 0 Å². The van der Waals surface area contributed by atoms with Crippen molar-refractivity contribution >= 4 is 65.0 Å². The van der Waals surface area contributed by atoms with E-state index >= 15 is 0 Å². The molecule has 0 spiro atoms. The fourth-order valence-electron chi connectivity index (χ4n) is 11.3. The molecule has 8 N–H and O–H groups in total. The minimum Gasteiger partial charge on any atom is -0.382 e. The van der Waals surface area contributed by atoms with Gasteiger partial charge in [0, 0.05) is 59.2 Å².